The largest absolute Gasteiger partial charge is 0.273 e. The van der Waals surface area contributed by atoms with Crippen LogP contribution in [0.25, 0.3) is 0 Å². The molecule has 0 bridgehead atoms. The van der Waals surface area contributed by atoms with Crippen molar-refractivity contribution in [3.05, 3.63) is 39.9 Å². The third-order valence-electron chi connectivity index (χ3n) is 2.27. The Hall–Kier alpha value is -1.89. The third kappa shape index (κ3) is 3.85. The van der Waals surface area contributed by atoms with Crippen LogP contribution in [0, 0.1) is 17.0 Å². The molecule has 0 aliphatic carbocycles. The number of carbonyl (C=O) groups is 2. The fourth-order valence-electron chi connectivity index (χ4n) is 1.23. The van der Waals surface area contributed by atoms with Gasteiger partial charge in [0.05, 0.1) is 4.92 Å². The Morgan fingerprint density at radius 2 is 1.61 bits per heavy atom. The Balaban J connectivity index is 0.000000184. The monoisotopic (exact) mass is 268 g/mol. The first-order valence-electron chi connectivity index (χ1n) is 5.17. The first-order chi connectivity index (χ1) is 8.41. The average Bonchev–Trinajstić information content (AvgIpc) is 2.62. The molecule has 0 unspecified atom stereocenters. The van der Waals surface area contributed by atoms with E-state index in [2.05, 4.69) is 12.8 Å². The molecule has 18 heavy (non-hydrogen) atoms. The highest BCUT2D eigenvalue weighted by Gasteiger charge is 2.25. The minimum absolute atomic E-state index is 0.144. The van der Waals surface area contributed by atoms with Crippen LogP contribution in [0.15, 0.2) is 24.3 Å². The Morgan fingerprint density at radius 3 is 1.89 bits per heavy atom. The number of amides is 2. The molecule has 1 aromatic carbocycles. The van der Waals surface area contributed by atoms with Crippen LogP contribution in [-0.2, 0) is 9.59 Å². The summed E-state index contributed by atoms with van der Waals surface area (Å²) in [6.07, 6.45) is 0.644. The minimum Gasteiger partial charge on any atom is -0.273 e. The van der Waals surface area contributed by atoms with E-state index in [1.807, 2.05) is 6.92 Å². The number of hydrogen-bond acceptors (Lipinski definition) is 5. The zero-order valence-corrected chi connectivity index (χ0v) is 10.6. The highest BCUT2D eigenvalue weighted by Crippen LogP contribution is 2.12. The molecule has 0 aromatic heterocycles. The molecule has 1 aliphatic heterocycles. The summed E-state index contributed by atoms with van der Waals surface area (Å²) in [6.45, 7) is 1.89. The van der Waals surface area contributed by atoms with E-state index in [4.69, 9.17) is 0 Å². The molecule has 1 aliphatic rings. The van der Waals surface area contributed by atoms with E-state index >= 15 is 0 Å². The highest BCUT2D eigenvalue weighted by molar-refractivity contribution is 7.79. The van der Waals surface area contributed by atoms with Crippen LogP contribution in [0.3, 0.4) is 0 Å². The first-order valence-corrected chi connectivity index (χ1v) is 5.57. The number of rotatable bonds is 1. The lowest BCUT2D eigenvalue weighted by Gasteiger charge is -1.99. The Kier molecular flexibility index (Phi) is 4.85. The van der Waals surface area contributed by atoms with E-state index < -0.39 is 4.92 Å². The molecule has 7 heteroatoms. The van der Waals surface area contributed by atoms with Gasteiger partial charge in [0.2, 0.25) is 11.8 Å². The molecule has 2 amide bonds. The number of nitro benzene ring substituents is 1. The molecule has 0 radical (unpaired) electrons. The van der Waals surface area contributed by atoms with E-state index in [1.165, 1.54) is 12.1 Å². The summed E-state index contributed by atoms with van der Waals surface area (Å²) in [5, 5.41) is 10.1. The van der Waals surface area contributed by atoms with Crippen molar-refractivity contribution in [2.75, 3.05) is 0 Å². The van der Waals surface area contributed by atoms with Crippen molar-refractivity contribution in [1.82, 2.24) is 4.31 Å². The number of nitro groups is 1. The molecule has 1 aromatic rings. The summed E-state index contributed by atoms with van der Waals surface area (Å²) in [6, 6.07) is 6.43. The smallest absolute Gasteiger partial charge is 0.269 e. The lowest BCUT2D eigenvalue weighted by Crippen LogP contribution is -2.17. The van der Waals surface area contributed by atoms with Gasteiger partial charge in [0.15, 0.2) is 0 Å². The van der Waals surface area contributed by atoms with Gasteiger partial charge < -0.3 is 0 Å². The second kappa shape index (κ2) is 6.15. The molecular weight excluding hydrogens is 256 g/mol. The average molecular weight is 268 g/mol. The number of carbonyl (C=O) groups excluding carboxylic acids is 2. The van der Waals surface area contributed by atoms with Crippen LogP contribution in [-0.4, -0.2) is 21.0 Å². The lowest BCUT2D eigenvalue weighted by atomic mass is 10.2. The van der Waals surface area contributed by atoms with Crippen molar-refractivity contribution < 1.29 is 14.5 Å². The van der Waals surface area contributed by atoms with E-state index in [9.17, 15) is 19.7 Å². The van der Waals surface area contributed by atoms with Crippen LogP contribution in [0.1, 0.15) is 18.4 Å². The molecule has 1 heterocycles. The van der Waals surface area contributed by atoms with Crippen molar-refractivity contribution in [3.63, 3.8) is 0 Å². The van der Waals surface area contributed by atoms with Crippen molar-refractivity contribution in [2.45, 2.75) is 19.8 Å². The maximum atomic E-state index is 10.4. The van der Waals surface area contributed by atoms with Gasteiger partial charge in [-0.1, -0.05) is 30.5 Å². The zero-order chi connectivity index (χ0) is 13.7. The molecule has 0 saturated carbocycles. The molecule has 2 rings (SSSR count). The predicted octanol–water partition coefficient (Wildman–Crippen LogP) is 1.88. The van der Waals surface area contributed by atoms with Crippen LogP contribution in [0.4, 0.5) is 5.69 Å². The second-order valence-corrected chi connectivity index (χ2v) is 4.09. The van der Waals surface area contributed by atoms with Crippen molar-refractivity contribution in [1.29, 1.82) is 0 Å². The number of benzene rings is 1. The molecule has 1 fully saturated rings. The molecule has 96 valence electrons. The quantitative estimate of drug-likeness (QED) is 0.365. The standard InChI is InChI=1S/C7H7NO2.C4H5NO2S/c1-6-2-4-7(5-3-6)8(9)10;6-3-1-2-4(7)5(3)8/h2-5H,1H3;8H,1-2H2. The number of aryl methyl sites for hydroxylation is 1. The summed E-state index contributed by atoms with van der Waals surface area (Å²) in [7, 11) is 0. The maximum Gasteiger partial charge on any atom is 0.269 e. The molecule has 1 saturated heterocycles. The zero-order valence-electron chi connectivity index (χ0n) is 9.70. The number of imide groups is 1. The van der Waals surface area contributed by atoms with Crippen molar-refractivity contribution >= 4 is 30.3 Å². The second-order valence-electron chi connectivity index (χ2n) is 3.69. The fourth-order valence-corrected chi connectivity index (χ4v) is 1.43. The maximum absolute atomic E-state index is 10.4. The topological polar surface area (TPSA) is 80.5 Å². The Bertz CT molecular complexity index is 456. The summed E-state index contributed by atoms with van der Waals surface area (Å²) in [4.78, 5) is 30.5. The van der Waals surface area contributed by atoms with E-state index in [1.54, 1.807) is 12.1 Å². The van der Waals surface area contributed by atoms with Gasteiger partial charge in [-0.15, -0.1) is 0 Å². The van der Waals surface area contributed by atoms with Gasteiger partial charge in [0.25, 0.3) is 5.69 Å². The van der Waals surface area contributed by atoms with Crippen LogP contribution in [0.2, 0.25) is 0 Å². The Labute approximate surface area is 109 Å². The summed E-state index contributed by atoms with van der Waals surface area (Å²) in [5.41, 5.74) is 1.18. The van der Waals surface area contributed by atoms with Gasteiger partial charge in [-0.05, 0) is 6.92 Å². The number of hydrogen-bond donors (Lipinski definition) is 1. The minimum atomic E-state index is -0.403. The number of thiol groups is 1. The molecular formula is C11H12N2O4S. The van der Waals surface area contributed by atoms with Gasteiger partial charge >= 0.3 is 0 Å². The normalized spacial score (nSPS) is 14.2. The predicted molar refractivity (Wildman–Crippen MR) is 67.9 cm³/mol. The van der Waals surface area contributed by atoms with Gasteiger partial charge in [-0.25, -0.2) is 4.31 Å². The molecule has 6 nitrogen and oxygen atoms in total. The SMILES string of the molecule is Cc1ccc([N+](=O)[O-])cc1.O=C1CCC(=O)N1S. The van der Waals surface area contributed by atoms with Gasteiger partial charge in [0, 0.05) is 25.0 Å². The number of nitrogens with zero attached hydrogens (tertiary/aromatic N) is 2. The van der Waals surface area contributed by atoms with E-state index in [-0.39, 0.29) is 17.5 Å². The molecule has 0 atom stereocenters. The van der Waals surface area contributed by atoms with E-state index in [0.29, 0.717) is 12.8 Å². The van der Waals surface area contributed by atoms with Gasteiger partial charge in [-0.3, -0.25) is 19.7 Å². The summed E-state index contributed by atoms with van der Waals surface area (Å²) >= 11 is 3.62. The first kappa shape index (κ1) is 14.2. The van der Waals surface area contributed by atoms with Crippen LogP contribution >= 0.6 is 12.8 Å². The molecule has 0 N–H and O–H groups in total. The number of non-ortho nitro benzene ring substituents is 1. The summed E-state index contributed by atoms with van der Waals surface area (Å²) < 4.78 is 0.861. The van der Waals surface area contributed by atoms with Gasteiger partial charge in [-0.2, -0.15) is 0 Å². The Morgan fingerprint density at radius 1 is 1.17 bits per heavy atom. The van der Waals surface area contributed by atoms with Crippen LogP contribution in [0.5, 0.6) is 0 Å². The molecule has 0 spiro atoms. The van der Waals surface area contributed by atoms with Crippen molar-refractivity contribution in [3.8, 4) is 0 Å². The highest BCUT2D eigenvalue weighted by atomic mass is 32.1. The van der Waals surface area contributed by atoms with Crippen molar-refractivity contribution in [2.24, 2.45) is 0 Å². The van der Waals surface area contributed by atoms with E-state index in [0.717, 1.165) is 9.87 Å². The fraction of sp³-hybridized carbons (Fsp3) is 0.273. The lowest BCUT2D eigenvalue weighted by molar-refractivity contribution is -0.384. The summed E-state index contributed by atoms with van der Waals surface area (Å²) in [5.74, 6) is -0.392. The van der Waals surface area contributed by atoms with Crippen LogP contribution < -0.4 is 0 Å². The third-order valence-corrected chi connectivity index (χ3v) is 2.72. The van der Waals surface area contributed by atoms with Gasteiger partial charge in [0.1, 0.15) is 0 Å².